The molecule has 7 heteroatoms. The molecule has 0 aliphatic carbocycles. The number of nitro groups is 1. The minimum absolute atomic E-state index is 0.0272. The number of nitrogens with zero attached hydrogens (tertiary/aromatic N) is 1. The Hall–Kier alpha value is -1.50. The molecule has 0 aliphatic heterocycles. The molecule has 0 heterocycles. The van der Waals surface area contributed by atoms with E-state index in [-0.39, 0.29) is 22.3 Å². The van der Waals surface area contributed by atoms with E-state index in [9.17, 15) is 19.3 Å². The Morgan fingerprint density at radius 1 is 1.57 bits per heavy atom. The minimum Gasteiger partial charge on any atom is -0.323 e. The molecule has 5 nitrogen and oxygen atoms in total. The highest BCUT2D eigenvalue weighted by molar-refractivity contribution is 9.10. The monoisotopic (exact) mass is 262 g/mol. The maximum Gasteiger partial charge on any atom is 0.294 e. The summed E-state index contributed by atoms with van der Waals surface area (Å²) in [4.78, 5) is 19.8. The first-order valence-electron chi connectivity index (χ1n) is 3.40. The molecular weight excluding hydrogens is 259 g/mol. The molecule has 14 heavy (non-hydrogen) atoms. The summed E-state index contributed by atoms with van der Waals surface area (Å²) in [5.74, 6) is -0.681. The zero-order valence-electron chi connectivity index (χ0n) is 6.66. The van der Waals surface area contributed by atoms with Crippen molar-refractivity contribution in [2.24, 2.45) is 0 Å². The second kappa shape index (κ2) is 4.14. The maximum absolute atomic E-state index is 12.9. The molecule has 0 atom stereocenters. The van der Waals surface area contributed by atoms with Crippen LogP contribution in [0.4, 0.5) is 15.8 Å². The third kappa shape index (κ3) is 2.05. The van der Waals surface area contributed by atoms with E-state index >= 15 is 0 Å². The fourth-order valence-electron chi connectivity index (χ4n) is 0.866. The van der Waals surface area contributed by atoms with Crippen LogP contribution in [0, 0.1) is 15.9 Å². The van der Waals surface area contributed by atoms with Gasteiger partial charge in [-0.1, -0.05) is 0 Å². The van der Waals surface area contributed by atoms with Gasteiger partial charge in [-0.3, -0.25) is 14.9 Å². The zero-order valence-corrected chi connectivity index (χ0v) is 8.25. The van der Waals surface area contributed by atoms with Crippen LogP contribution in [-0.2, 0) is 4.79 Å². The lowest BCUT2D eigenvalue weighted by molar-refractivity contribution is -0.384. The summed E-state index contributed by atoms with van der Waals surface area (Å²) >= 11 is 2.80. The third-order valence-corrected chi connectivity index (χ3v) is 2.06. The average Bonchev–Trinajstić information content (AvgIpc) is 2.11. The molecule has 1 rings (SSSR count). The van der Waals surface area contributed by atoms with Gasteiger partial charge < -0.3 is 5.32 Å². The number of amides is 1. The van der Waals surface area contributed by atoms with Crippen LogP contribution in [0.25, 0.3) is 0 Å². The van der Waals surface area contributed by atoms with Crippen molar-refractivity contribution < 1.29 is 14.1 Å². The lowest BCUT2D eigenvalue weighted by Gasteiger charge is -2.01. The molecule has 0 unspecified atom stereocenters. The van der Waals surface area contributed by atoms with Gasteiger partial charge in [0.15, 0.2) is 0 Å². The number of hydrogen-bond acceptors (Lipinski definition) is 3. The highest BCUT2D eigenvalue weighted by atomic mass is 79.9. The van der Waals surface area contributed by atoms with Crippen LogP contribution < -0.4 is 5.32 Å². The van der Waals surface area contributed by atoms with Crippen molar-refractivity contribution >= 4 is 33.7 Å². The fourth-order valence-corrected chi connectivity index (χ4v) is 1.20. The second-order valence-corrected chi connectivity index (χ2v) is 3.16. The molecule has 0 saturated carbocycles. The molecule has 0 saturated heterocycles. The molecule has 0 radical (unpaired) electrons. The van der Waals surface area contributed by atoms with Crippen molar-refractivity contribution in [3.8, 4) is 0 Å². The lowest BCUT2D eigenvalue weighted by Crippen LogP contribution is -2.00. The summed E-state index contributed by atoms with van der Waals surface area (Å²) in [5.41, 5.74) is -0.545. The Kier molecular flexibility index (Phi) is 3.13. The Labute approximate surface area is 86.2 Å². The SMILES string of the molecule is O=CNc1cc(F)c(Br)cc1[N+](=O)[O-]. The predicted octanol–water partition coefficient (Wildman–Crippen LogP) is 2.06. The third-order valence-electron chi connectivity index (χ3n) is 1.45. The van der Waals surface area contributed by atoms with E-state index in [0.29, 0.717) is 0 Å². The van der Waals surface area contributed by atoms with Crippen LogP contribution >= 0.6 is 15.9 Å². The van der Waals surface area contributed by atoms with Crippen molar-refractivity contribution in [3.05, 3.63) is 32.5 Å². The maximum atomic E-state index is 12.9. The van der Waals surface area contributed by atoms with Crippen LogP contribution in [0.2, 0.25) is 0 Å². The molecule has 0 bridgehead atoms. The van der Waals surface area contributed by atoms with Gasteiger partial charge in [-0.15, -0.1) is 0 Å². The number of hydrogen-bond donors (Lipinski definition) is 1. The number of anilines is 1. The quantitative estimate of drug-likeness (QED) is 0.515. The molecule has 1 N–H and O–H groups in total. The van der Waals surface area contributed by atoms with E-state index < -0.39 is 10.7 Å². The molecule has 1 aromatic carbocycles. The Morgan fingerprint density at radius 2 is 2.21 bits per heavy atom. The highest BCUT2D eigenvalue weighted by Crippen LogP contribution is 2.29. The van der Waals surface area contributed by atoms with E-state index in [2.05, 4.69) is 15.9 Å². The molecule has 1 amide bonds. The number of nitro benzene ring substituents is 1. The van der Waals surface area contributed by atoms with Gasteiger partial charge in [-0.05, 0) is 15.9 Å². The Bertz CT molecular complexity index is 397. The topological polar surface area (TPSA) is 72.2 Å². The highest BCUT2D eigenvalue weighted by Gasteiger charge is 2.16. The van der Waals surface area contributed by atoms with Gasteiger partial charge in [0.25, 0.3) is 5.69 Å². The first kappa shape index (κ1) is 10.6. The van der Waals surface area contributed by atoms with Gasteiger partial charge >= 0.3 is 0 Å². The van der Waals surface area contributed by atoms with E-state index in [0.717, 1.165) is 12.1 Å². The van der Waals surface area contributed by atoms with Gasteiger partial charge in [0.2, 0.25) is 6.41 Å². The van der Waals surface area contributed by atoms with Gasteiger partial charge in [0.1, 0.15) is 11.5 Å². The van der Waals surface area contributed by atoms with Gasteiger partial charge in [0.05, 0.1) is 9.40 Å². The van der Waals surface area contributed by atoms with E-state index in [1.165, 1.54) is 0 Å². The number of nitrogens with one attached hydrogen (secondary N) is 1. The number of carbonyl (C=O) groups is 1. The first-order chi connectivity index (χ1) is 6.56. The number of halogens is 2. The molecule has 74 valence electrons. The van der Waals surface area contributed by atoms with Crippen molar-refractivity contribution in [3.63, 3.8) is 0 Å². The van der Waals surface area contributed by atoms with Crippen LogP contribution in [0.15, 0.2) is 16.6 Å². The average molecular weight is 263 g/mol. The number of benzene rings is 1. The van der Waals surface area contributed by atoms with Crippen molar-refractivity contribution in [1.29, 1.82) is 0 Å². The summed E-state index contributed by atoms with van der Waals surface area (Å²) in [6.07, 6.45) is 0.246. The van der Waals surface area contributed by atoms with Gasteiger partial charge in [-0.2, -0.15) is 0 Å². The Balaban J connectivity index is 3.30. The van der Waals surface area contributed by atoms with Crippen molar-refractivity contribution in [2.75, 3.05) is 5.32 Å². The predicted molar refractivity (Wildman–Crippen MR) is 50.4 cm³/mol. The number of rotatable bonds is 3. The Morgan fingerprint density at radius 3 is 2.71 bits per heavy atom. The molecule has 1 aromatic rings. The van der Waals surface area contributed by atoms with E-state index in [1.807, 2.05) is 5.32 Å². The van der Waals surface area contributed by atoms with Crippen molar-refractivity contribution in [1.82, 2.24) is 0 Å². The molecule has 0 aromatic heterocycles. The summed E-state index contributed by atoms with van der Waals surface area (Å²) < 4.78 is 12.9. The van der Waals surface area contributed by atoms with Crippen molar-refractivity contribution in [2.45, 2.75) is 0 Å². The van der Waals surface area contributed by atoms with Crippen LogP contribution in [-0.4, -0.2) is 11.3 Å². The van der Waals surface area contributed by atoms with Crippen LogP contribution in [0.5, 0.6) is 0 Å². The van der Waals surface area contributed by atoms with Gasteiger partial charge in [0, 0.05) is 12.1 Å². The molecule has 0 aliphatic rings. The molecule has 0 fully saturated rings. The molecular formula is C7H4BrFN2O3. The summed E-state index contributed by atoms with van der Waals surface area (Å²) in [6, 6.07) is 1.86. The second-order valence-electron chi connectivity index (χ2n) is 2.30. The zero-order chi connectivity index (χ0) is 10.7. The number of carbonyl (C=O) groups excluding carboxylic acids is 1. The largest absolute Gasteiger partial charge is 0.323 e. The van der Waals surface area contributed by atoms with Gasteiger partial charge in [-0.25, -0.2) is 4.39 Å². The normalized spacial score (nSPS) is 9.57. The summed E-state index contributed by atoms with van der Waals surface area (Å²) in [7, 11) is 0. The van der Waals surface area contributed by atoms with E-state index in [1.54, 1.807) is 0 Å². The lowest BCUT2D eigenvalue weighted by atomic mass is 10.2. The van der Waals surface area contributed by atoms with Crippen LogP contribution in [0.3, 0.4) is 0 Å². The minimum atomic E-state index is -0.712. The smallest absolute Gasteiger partial charge is 0.294 e. The standard InChI is InChI=1S/C7H4BrFN2O3/c8-4-1-7(11(13)14)6(10-3-12)2-5(4)9/h1-3H,(H,10,12). The fraction of sp³-hybridized carbons (Fsp3) is 0. The van der Waals surface area contributed by atoms with Crippen LogP contribution in [0.1, 0.15) is 0 Å². The van der Waals surface area contributed by atoms with E-state index in [4.69, 9.17) is 0 Å². The summed E-state index contributed by atoms with van der Waals surface area (Å²) in [5, 5.41) is 12.5. The molecule has 0 spiro atoms. The first-order valence-corrected chi connectivity index (χ1v) is 4.19. The summed E-state index contributed by atoms with van der Waals surface area (Å²) in [6.45, 7) is 0.